The topological polar surface area (TPSA) is 38.8 Å². The maximum absolute atomic E-state index is 11.7. The van der Waals surface area contributed by atoms with Crippen LogP contribution in [0.4, 0.5) is 0 Å². The van der Waals surface area contributed by atoms with Crippen molar-refractivity contribution >= 4 is 16.7 Å². The van der Waals surface area contributed by atoms with Crippen LogP contribution in [0, 0.1) is 7.11 Å². The van der Waals surface area contributed by atoms with Crippen molar-refractivity contribution in [2.75, 3.05) is 19.8 Å². The number of nitrogens with zero attached hydrogens (tertiary/aromatic N) is 1. The molecule has 2 aromatic rings. The van der Waals surface area contributed by atoms with Crippen LogP contribution in [-0.4, -0.2) is 36.6 Å². The van der Waals surface area contributed by atoms with Crippen molar-refractivity contribution in [2.45, 2.75) is 12.5 Å². The fraction of sp³-hybridized carbons (Fsp3) is 0.263. The van der Waals surface area contributed by atoms with Gasteiger partial charge in [-0.2, -0.15) is 0 Å². The van der Waals surface area contributed by atoms with Crippen molar-refractivity contribution in [1.82, 2.24) is 4.90 Å². The maximum Gasteiger partial charge on any atom is 0.225 e. The van der Waals surface area contributed by atoms with Gasteiger partial charge in [0.25, 0.3) is 0 Å². The van der Waals surface area contributed by atoms with Crippen LogP contribution < -0.4 is 4.74 Å². The Hall–Kier alpha value is -1.23. The summed E-state index contributed by atoms with van der Waals surface area (Å²) in [6.45, 7) is 1.57. The van der Waals surface area contributed by atoms with E-state index in [1.165, 1.54) is 5.39 Å². The number of carbonyl (C=O) groups excluding carboxylic acids is 1. The van der Waals surface area contributed by atoms with Crippen molar-refractivity contribution in [2.24, 2.45) is 0 Å². The van der Waals surface area contributed by atoms with Crippen molar-refractivity contribution in [1.29, 1.82) is 0 Å². The van der Waals surface area contributed by atoms with Gasteiger partial charge < -0.3 is 14.4 Å². The van der Waals surface area contributed by atoms with Crippen LogP contribution in [0.1, 0.15) is 6.42 Å². The third-order valence-corrected chi connectivity index (χ3v) is 4.02. The number of benzene rings is 2. The summed E-state index contributed by atoms with van der Waals surface area (Å²) in [5.41, 5.74) is 0. The average molecular weight is 399 g/mol. The number of β-lactam (4-membered cyclic amide) rings is 1. The van der Waals surface area contributed by atoms with Crippen LogP contribution in [0.15, 0.2) is 54.6 Å². The first kappa shape index (κ1) is 19.1. The van der Waals surface area contributed by atoms with Crippen molar-refractivity contribution in [3.63, 3.8) is 0 Å². The van der Waals surface area contributed by atoms with Gasteiger partial charge in [0.1, 0.15) is 12.4 Å². The number of fused-ring (bicyclic) bond motifs is 1. The van der Waals surface area contributed by atoms with Crippen LogP contribution in [0.2, 0.25) is 0 Å². The molecule has 1 saturated heterocycles. The molecule has 3 rings (SSSR count). The van der Waals surface area contributed by atoms with E-state index in [-0.39, 0.29) is 44.7 Å². The molecule has 5 heteroatoms. The van der Waals surface area contributed by atoms with Crippen LogP contribution in [0.25, 0.3) is 10.8 Å². The second-order valence-electron chi connectivity index (χ2n) is 5.57. The van der Waals surface area contributed by atoms with Crippen LogP contribution in [0.5, 0.6) is 5.75 Å². The monoisotopic (exact) mass is 399 g/mol. The minimum Gasteiger partial charge on any atom is -0.552 e. The Bertz CT molecular complexity index is 717. The Morgan fingerprint density at radius 2 is 1.96 bits per heavy atom. The van der Waals surface area contributed by atoms with E-state index in [9.17, 15) is 4.79 Å². The fourth-order valence-corrected chi connectivity index (χ4v) is 2.69. The second-order valence-corrected chi connectivity index (χ2v) is 5.57. The predicted octanol–water partition coefficient (Wildman–Crippen LogP) is 3.18. The molecule has 1 heterocycles. The minimum absolute atomic E-state index is 0. The van der Waals surface area contributed by atoms with Gasteiger partial charge in [0, 0.05) is 45.9 Å². The van der Waals surface area contributed by atoms with Crippen LogP contribution >= 0.6 is 0 Å². The summed E-state index contributed by atoms with van der Waals surface area (Å²) in [6.07, 6.45) is 4.33. The molecule has 1 atom stereocenters. The van der Waals surface area contributed by atoms with E-state index in [1.807, 2.05) is 41.3 Å². The number of rotatable bonds is 7. The number of amides is 1. The molecule has 123 valence electrons. The van der Waals surface area contributed by atoms with Gasteiger partial charge in [-0.1, -0.05) is 42.5 Å². The molecule has 0 bridgehead atoms. The number of likely N-dealkylation sites (tertiary alicyclic amines) is 1. The molecule has 1 amide bonds. The van der Waals surface area contributed by atoms with E-state index in [2.05, 4.69) is 25.3 Å². The zero-order valence-electron chi connectivity index (χ0n) is 13.6. The van der Waals surface area contributed by atoms with Crippen molar-refractivity contribution in [3.8, 4) is 5.75 Å². The van der Waals surface area contributed by atoms with E-state index in [0.29, 0.717) is 26.2 Å². The first-order valence-corrected chi connectivity index (χ1v) is 7.71. The molecule has 2 aromatic carbocycles. The number of hydrogen-bond donors (Lipinski definition) is 0. The molecule has 0 unspecified atom stereocenters. The van der Waals surface area contributed by atoms with Crippen LogP contribution in [0.3, 0.4) is 0 Å². The van der Waals surface area contributed by atoms with Gasteiger partial charge in [0.15, 0.2) is 0 Å². The van der Waals surface area contributed by atoms with Gasteiger partial charge in [0.05, 0.1) is 12.5 Å². The minimum atomic E-state index is 0. The van der Waals surface area contributed by atoms with E-state index in [1.54, 1.807) is 0 Å². The fourth-order valence-electron chi connectivity index (χ4n) is 2.69. The molecule has 1 aliphatic rings. The van der Waals surface area contributed by atoms with E-state index in [4.69, 9.17) is 9.47 Å². The molecule has 0 saturated carbocycles. The van der Waals surface area contributed by atoms with E-state index < -0.39 is 0 Å². The molecule has 0 aromatic heterocycles. The SMILES string of the molecule is [CH2-]OC/C=C\CN1C(=O)C[C@@H]1COc1ccc2ccccc2c1.[Y]. The standard InChI is InChI=1S/C19H20NO3.Y/c1-22-11-5-4-10-20-17(13-19(20)21)14-23-18-9-8-15-6-2-3-7-16(15)12-18;/h2-9,12,17H,1,10-11,13-14H2;/q-1;/b5-4-;/t17-;/m1./s1. The summed E-state index contributed by atoms with van der Waals surface area (Å²) in [6, 6.07) is 14.4. The smallest absolute Gasteiger partial charge is 0.225 e. The normalized spacial score (nSPS) is 17.0. The Labute approximate surface area is 167 Å². The van der Waals surface area contributed by atoms with Gasteiger partial charge in [-0.25, -0.2) is 7.11 Å². The summed E-state index contributed by atoms with van der Waals surface area (Å²) in [7, 11) is 3.30. The first-order valence-electron chi connectivity index (χ1n) is 7.71. The predicted molar refractivity (Wildman–Crippen MR) is 90.0 cm³/mol. The Balaban J connectivity index is 0.00000208. The van der Waals surface area contributed by atoms with Crippen molar-refractivity contribution < 1.29 is 47.0 Å². The third kappa shape index (κ3) is 4.65. The number of ether oxygens (including phenoxy) is 2. The largest absolute Gasteiger partial charge is 0.552 e. The summed E-state index contributed by atoms with van der Waals surface area (Å²) in [4.78, 5) is 13.5. The van der Waals surface area contributed by atoms with Gasteiger partial charge in [0.2, 0.25) is 5.91 Å². The average Bonchev–Trinajstić information content (AvgIpc) is 2.58. The summed E-state index contributed by atoms with van der Waals surface area (Å²) < 4.78 is 10.6. The number of carbonyl (C=O) groups is 1. The molecule has 1 aliphatic heterocycles. The molecular weight excluding hydrogens is 379 g/mol. The Kier molecular flexibility index (Phi) is 7.41. The number of hydrogen-bond acceptors (Lipinski definition) is 3. The van der Waals surface area contributed by atoms with Gasteiger partial charge in [-0.3, -0.25) is 4.79 Å². The summed E-state index contributed by atoms with van der Waals surface area (Å²) >= 11 is 0. The molecule has 24 heavy (non-hydrogen) atoms. The summed E-state index contributed by atoms with van der Waals surface area (Å²) in [5, 5.41) is 2.35. The second kappa shape index (κ2) is 9.31. The quantitative estimate of drug-likeness (QED) is 0.408. The molecule has 4 nitrogen and oxygen atoms in total. The Morgan fingerprint density at radius 1 is 1.17 bits per heavy atom. The van der Waals surface area contributed by atoms with Crippen LogP contribution in [-0.2, 0) is 42.2 Å². The third-order valence-electron chi connectivity index (χ3n) is 4.02. The first-order chi connectivity index (χ1) is 11.3. The van der Waals surface area contributed by atoms with Gasteiger partial charge >= 0.3 is 0 Å². The summed E-state index contributed by atoms with van der Waals surface area (Å²) in [5.74, 6) is 1.00. The molecule has 1 fully saturated rings. The molecule has 0 aliphatic carbocycles. The van der Waals surface area contributed by atoms with Gasteiger partial charge in [-0.05, 0) is 22.9 Å². The van der Waals surface area contributed by atoms with Gasteiger partial charge in [-0.15, -0.1) is 0 Å². The van der Waals surface area contributed by atoms with E-state index >= 15 is 0 Å². The molecule has 0 spiro atoms. The zero-order chi connectivity index (χ0) is 16.1. The van der Waals surface area contributed by atoms with Crippen molar-refractivity contribution in [3.05, 3.63) is 61.7 Å². The maximum atomic E-state index is 11.7. The van der Waals surface area contributed by atoms with E-state index in [0.717, 1.165) is 11.1 Å². The molecular formula is C19H20NO3Y-. The molecule has 0 N–H and O–H groups in total. The molecule has 1 radical (unpaired) electrons. The zero-order valence-corrected chi connectivity index (χ0v) is 16.4. The Morgan fingerprint density at radius 3 is 2.71 bits per heavy atom.